The standard InChI is InChI=1S/C28H40O2/c1-3-8-23-12-16-25(17-13-23)20-29-22-28(27-10-6-5-7-11-27)30-21-26-18-14-24(9-4-2)15-19-26/h12-19,27-28H,3-11,20-22H2,1-2H3. The first-order valence-electron chi connectivity index (χ1n) is 12.1. The predicted molar refractivity (Wildman–Crippen MR) is 126 cm³/mol. The van der Waals surface area contributed by atoms with Crippen molar-refractivity contribution in [1.82, 2.24) is 0 Å². The van der Waals surface area contributed by atoms with Crippen LogP contribution in [0, 0.1) is 5.92 Å². The quantitative estimate of drug-likeness (QED) is 0.367. The predicted octanol–water partition coefficient (Wildman–Crippen LogP) is 7.27. The fourth-order valence-corrected chi connectivity index (χ4v) is 4.50. The van der Waals surface area contributed by atoms with Crippen molar-refractivity contribution < 1.29 is 9.47 Å². The second-order valence-corrected chi connectivity index (χ2v) is 8.90. The summed E-state index contributed by atoms with van der Waals surface area (Å²) in [5, 5.41) is 0. The highest BCUT2D eigenvalue weighted by atomic mass is 16.5. The third-order valence-corrected chi connectivity index (χ3v) is 6.31. The van der Waals surface area contributed by atoms with Crippen molar-refractivity contribution in [3.05, 3.63) is 70.8 Å². The molecular weight excluding hydrogens is 368 g/mol. The largest absolute Gasteiger partial charge is 0.374 e. The van der Waals surface area contributed by atoms with Crippen molar-refractivity contribution in [3.63, 3.8) is 0 Å². The van der Waals surface area contributed by atoms with Crippen LogP contribution in [-0.4, -0.2) is 12.7 Å². The maximum absolute atomic E-state index is 6.43. The topological polar surface area (TPSA) is 18.5 Å². The van der Waals surface area contributed by atoms with Crippen LogP contribution in [0.2, 0.25) is 0 Å². The van der Waals surface area contributed by atoms with E-state index in [1.54, 1.807) is 0 Å². The minimum Gasteiger partial charge on any atom is -0.374 e. The van der Waals surface area contributed by atoms with Gasteiger partial charge in [0.2, 0.25) is 0 Å². The Morgan fingerprint density at radius 2 is 1.20 bits per heavy atom. The Morgan fingerprint density at radius 3 is 1.73 bits per heavy atom. The zero-order chi connectivity index (χ0) is 21.0. The van der Waals surface area contributed by atoms with Crippen molar-refractivity contribution in [1.29, 1.82) is 0 Å². The van der Waals surface area contributed by atoms with Crippen LogP contribution in [0.15, 0.2) is 48.5 Å². The summed E-state index contributed by atoms with van der Waals surface area (Å²) >= 11 is 0. The number of ether oxygens (including phenoxy) is 2. The molecule has 0 N–H and O–H groups in total. The van der Waals surface area contributed by atoms with Gasteiger partial charge in [-0.05, 0) is 53.9 Å². The average molecular weight is 409 g/mol. The van der Waals surface area contributed by atoms with Crippen LogP contribution in [0.1, 0.15) is 81.0 Å². The van der Waals surface area contributed by atoms with Gasteiger partial charge in [-0.15, -0.1) is 0 Å². The maximum Gasteiger partial charge on any atom is 0.0841 e. The van der Waals surface area contributed by atoms with E-state index in [0.29, 0.717) is 25.7 Å². The van der Waals surface area contributed by atoms with Crippen molar-refractivity contribution in [2.45, 2.75) is 91.0 Å². The smallest absolute Gasteiger partial charge is 0.0841 e. The molecule has 1 unspecified atom stereocenters. The van der Waals surface area contributed by atoms with Crippen LogP contribution in [0.3, 0.4) is 0 Å². The summed E-state index contributed by atoms with van der Waals surface area (Å²) in [6.07, 6.45) is 11.5. The second-order valence-electron chi connectivity index (χ2n) is 8.90. The van der Waals surface area contributed by atoms with E-state index in [2.05, 4.69) is 62.4 Å². The van der Waals surface area contributed by atoms with Crippen molar-refractivity contribution in [2.24, 2.45) is 5.92 Å². The average Bonchev–Trinajstić information content (AvgIpc) is 2.79. The molecule has 2 aromatic rings. The molecule has 1 fully saturated rings. The lowest BCUT2D eigenvalue weighted by atomic mass is 9.85. The molecule has 164 valence electrons. The van der Waals surface area contributed by atoms with Gasteiger partial charge in [0, 0.05) is 0 Å². The zero-order valence-corrected chi connectivity index (χ0v) is 19.1. The molecule has 2 heteroatoms. The monoisotopic (exact) mass is 408 g/mol. The van der Waals surface area contributed by atoms with Gasteiger partial charge in [-0.1, -0.05) is 94.5 Å². The van der Waals surface area contributed by atoms with Gasteiger partial charge < -0.3 is 9.47 Å². The maximum atomic E-state index is 6.43. The van der Waals surface area contributed by atoms with Gasteiger partial charge in [0.25, 0.3) is 0 Å². The third kappa shape index (κ3) is 7.56. The van der Waals surface area contributed by atoms with Crippen molar-refractivity contribution >= 4 is 0 Å². The molecule has 30 heavy (non-hydrogen) atoms. The normalized spacial score (nSPS) is 15.9. The Balaban J connectivity index is 1.51. The van der Waals surface area contributed by atoms with E-state index in [0.717, 1.165) is 12.8 Å². The molecule has 1 aliphatic carbocycles. The van der Waals surface area contributed by atoms with Gasteiger partial charge in [0.15, 0.2) is 0 Å². The van der Waals surface area contributed by atoms with Crippen molar-refractivity contribution in [2.75, 3.05) is 6.61 Å². The molecule has 0 spiro atoms. The molecule has 1 aliphatic rings. The molecule has 0 bridgehead atoms. The zero-order valence-electron chi connectivity index (χ0n) is 19.1. The Morgan fingerprint density at radius 1 is 0.700 bits per heavy atom. The van der Waals surface area contributed by atoms with E-state index in [-0.39, 0.29) is 6.10 Å². The van der Waals surface area contributed by atoms with Crippen LogP contribution in [-0.2, 0) is 35.5 Å². The third-order valence-electron chi connectivity index (χ3n) is 6.31. The summed E-state index contributed by atoms with van der Waals surface area (Å²) in [4.78, 5) is 0. The Labute approximate surface area is 184 Å². The Bertz CT molecular complexity index is 698. The molecule has 0 aliphatic heterocycles. The summed E-state index contributed by atoms with van der Waals surface area (Å²) in [6.45, 7) is 6.50. The van der Waals surface area contributed by atoms with Crippen LogP contribution in [0.4, 0.5) is 0 Å². The highest BCUT2D eigenvalue weighted by molar-refractivity contribution is 5.23. The van der Waals surface area contributed by atoms with Gasteiger partial charge in [0.1, 0.15) is 0 Å². The lowest BCUT2D eigenvalue weighted by Crippen LogP contribution is -2.30. The molecule has 0 heterocycles. The van der Waals surface area contributed by atoms with E-state index in [9.17, 15) is 0 Å². The molecule has 0 aromatic heterocycles. The number of aryl methyl sites for hydroxylation is 2. The van der Waals surface area contributed by atoms with Gasteiger partial charge in [-0.2, -0.15) is 0 Å². The van der Waals surface area contributed by atoms with E-state index >= 15 is 0 Å². The van der Waals surface area contributed by atoms with E-state index in [1.165, 1.54) is 67.2 Å². The van der Waals surface area contributed by atoms with Crippen molar-refractivity contribution in [3.8, 4) is 0 Å². The van der Waals surface area contributed by atoms with Gasteiger partial charge in [0.05, 0.1) is 25.9 Å². The SMILES string of the molecule is CCCc1ccc(COCC(OCc2ccc(CCC)cc2)C2CCCCC2)cc1. The Hall–Kier alpha value is -1.64. The second kappa shape index (κ2) is 12.9. The molecule has 1 saturated carbocycles. The Kier molecular flexibility index (Phi) is 9.92. The highest BCUT2D eigenvalue weighted by Gasteiger charge is 2.24. The number of hydrogen-bond donors (Lipinski definition) is 0. The lowest BCUT2D eigenvalue weighted by molar-refractivity contribution is -0.0656. The summed E-state index contributed by atoms with van der Waals surface area (Å²) in [6, 6.07) is 17.8. The number of rotatable bonds is 12. The molecule has 0 amide bonds. The van der Waals surface area contributed by atoms with Gasteiger partial charge >= 0.3 is 0 Å². The van der Waals surface area contributed by atoms with E-state index in [1.807, 2.05) is 0 Å². The molecule has 2 aromatic carbocycles. The summed E-state index contributed by atoms with van der Waals surface area (Å²) in [5.74, 6) is 0.630. The summed E-state index contributed by atoms with van der Waals surface area (Å²) in [7, 11) is 0. The van der Waals surface area contributed by atoms with E-state index < -0.39 is 0 Å². The van der Waals surface area contributed by atoms with Crippen LogP contribution in [0.5, 0.6) is 0 Å². The minimum absolute atomic E-state index is 0.194. The molecule has 2 nitrogen and oxygen atoms in total. The number of hydrogen-bond acceptors (Lipinski definition) is 2. The van der Waals surface area contributed by atoms with Gasteiger partial charge in [-0.25, -0.2) is 0 Å². The fourth-order valence-electron chi connectivity index (χ4n) is 4.50. The minimum atomic E-state index is 0.194. The molecule has 0 radical (unpaired) electrons. The lowest BCUT2D eigenvalue weighted by Gasteiger charge is -2.30. The fraction of sp³-hybridized carbons (Fsp3) is 0.571. The molecular formula is C28H40O2. The van der Waals surface area contributed by atoms with Gasteiger partial charge in [-0.3, -0.25) is 0 Å². The molecule has 0 saturated heterocycles. The highest BCUT2D eigenvalue weighted by Crippen LogP contribution is 2.29. The summed E-state index contributed by atoms with van der Waals surface area (Å²) < 4.78 is 12.6. The summed E-state index contributed by atoms with van der Waals surface area (Å²) in [5.41, 5.74) is 5.35. The van der Waals surface area contributed by atoms with Crippen LogP contribution < -0.4 is 0 Å². The van der Waals surface area contributed by atoms with Crippen LogP contribution >= 0.6 is 0 Å². The first-order valence-corrected chi connectivity index (χ1v) is 12.1. The van der Waals surface area contributed by atoms with E-state index in [4.69, 9.17) is 9.47 Å². The number of benzene rings is 2. The first kappa shape index (κ1) is 23.0. The molecule has 1 atom stereocenters. The van der Waals surface area contributed by atoms with Crippen LogP contribution in [0.25, 0.3) is 0 Å². The molecule has 3 rings (SSSR count). The first-order chi connectivity index (χ1) is 14.8.